The van der Waals surface area contributed by atoms with Crippen LogP contribution in [0.3, 0.4) is 0 Å². The van der Waals surface area contributed by atoms with Gasteiger partial charge < -0.3 is 0 Å². The molecule has 0 aliphatic heterocycles. The second-order valence-corrected chi connectivity index (χ2v) is 7.49. The van der Waals surface area contributed by atoms with Gasteiger partial charge in [0.25, 0.3) is 0 Å². The van der Waals surface area contributed by atoms with E-state index in [1.165, 1.54) is 4.68 Å². The molecule has 3 aromatic carbocycles. The molecule has 0 aliphatic carbocycles. The number of hydrogen-bond donors (Lipinski definition) is 0. The molecule has 0 radical (unpaired) electrons. The first-order valence-corrected chi connectivity index (χ1v) is 10.5. The van der Waals surface area contributed by atoms with Crippen LogP contribution in [-0.2, 0) is 13.0 Å². The average molecular weight is 409 g/mol. The van der Waals surface area contributed by atoms with Gasteiger partial charge in [-0.25, -0.2) is 4.79 Å². The van der Waals surface area contributed by atoms with Gasteiger partial charge >= 0.3 is 5.69 Å². The van der Waals surface area contributed by atoms with Crippen LogP contribution in [0.5, 0.6) is 0 Å². The molecule has 0 unspecified atom stereocenters. The van der Waals surface area contributed by atoms with E-state index in [0.717, 1.165) is 47.5 Å². The van der Waals surface area contributed by atoms with Crippen molar-refractivity contribution in [3.05, 3.63) is 106 Å². The van der Waals surface area contributed by atoms with Crippen LogP contribution < -0.4 is 5.69 Å². The molecule has 4 aromatic rings. The molecule has 1 heterocycles. The number of aromatic nitrogens is 3. The lowest BCUT2D eigenvalue weighted by molar-refractivity contribution is 0.666. The molecule has 31 heavy (non-hydrogen) atoms. The topological polar surface area (TPSA) is 63.6 Å². The predicted octanol–water partition coefficient (Wildman–Crippen LogP) is 4.96. The van der Waals surface area contributed by atoms with Gasteiger partial charge in [-0.2, -0.15) is 9.94 Å². The summed E-state index contributed by atoms with van der Waals surface area (Å²) in [6, 6.07) is 27.4. The third-order valence-electron chi connectivity index (χ3n) is 5.35. The van der Waals surface area contributed by atoms with Gasteiger partial charge in [0, 0.05) is 6.42 Å². The van der Waals surface area contributed by atoms with Crippen molar-refractivity contribution >= 4 is 0 Å². The monoisotopic (exact) mass is 408 g/mol. The summed E-state index contributed by atoms with van der Waals surface area (Å²) in [5.41, 5.74) is 4.21. The summed E-state index contributed by atoms with van der Waals surface area (Å²) in [6.07, 6.45) is 2.79. The van der Waals surface area contributed by atoms with E-state index < -0.39 is 0 Å². The minimum absolute atomic E-state index is 0.129. The maximum atomic E-state index is 13.2. The molecule has 1 aromatic heterocycles. The molecule has 0 saturated carbocycles. The summed E-state index contributed by atoms with van der Waals surface area (Å²) in [6.45, 7) is 2.60. The number of benzene rings is 3. The summed E-state index contributed by atoms with van der Waals surface area (Å²) in [5.74, 6) is 0.801. The van der Waals surface area contributed by atoms with Crippen molar-refractivity contribution in [1.29, 1.82) is 5.26 Å². The number of rotatable bonds is 7. The van der Waals surface area contributed by atoms with Crippen molar-refractivity contribution in [2.24, 2.45) is 0 Å². The normalized spacial score (nSPS) is 10.7. The minimum atomic E-state index is -0.129. The zero-order chi connectivity index (χ0) is 21.6. The molecular formula is C26H24N4O. The molecule has 0 spiro atoms. The van der Waals surface area contributed by atoms with Crippen LogP contribution in [0.15, 0.2) is 83.7 Å². The fraction of sp³-hybridized carbons (Fsp3) is 0.192. The molecule has 4 rings (SSSR count). The van der Waals surface area contributed by atoms with Crippen molar-refractivity contribution in [3.63, 3.8) is 0 Å². The molecule has 0 bridgehead atoms. The third-order valence-corrected chi connectivity index (χ3v) is 5.35. The number of nitrogens with zero attached hydrogens (tertiary/aromatic N) is 4. The van der Waals surface area contributed by atoms with Gasteiger partial charge in [-0.1, -0.05) is 74.0 Å². The molecular weight excluding hydrogens is 384 g/mol. The molecule has 0 amide bonds. The van der Waals surface area contributed by atoms with Crippen LogP contribution >= 0.6 is 0 Å². The predicted molar refractivity (Wildman–Crippen MR) is 122 cm³/mol. The third kappa shape index (κ3) is 4.34. The highest BCUT2D eigenvalue weighted by molar-refractivity contribution is 5.70. The maximum Gasteiger partial charge on any atom is 0.351 e. The first-order chi connectivity index (χ1) is 15.2. The Labute approximate surface area is 181 Å². The van der Waals surface area contributed by atoms with Crippen LogP contribution in [0.1, 0.15) is 36.7 Å². The highest BCUT2D eigenvalue weighted by Crippen LogP contribution is 2.23. The SMILES string of the molecule is CCCCc1nn(-c2ccccc2)c(=O)n1Cc1ccc(-c2ccccc2C#N)cc1. The van der Waals surface area contributed by atoms with Crippen molar-refractivity contribution in [3.8, 4) is 22.9 Å². The quantitative estimate of drug-likeness (QED) is 0.434. The summed E-state index contributed by atoms with van der Waals surface area (Å²) >= 11 is 0. The number of nitriles is 1. The van der Waals surface area contributed by atoms with Crippen molar-refractivity contribution in [2.45, 2.75) is 32.7 Å². The zero-order valence-electron chi connectivity index (χ0n) is 17.5. The smallest absolute Gasteiger partial charge is 0.274 e. The van der Waals surface area contributed by atoms with Gasteiger partial charge in [0.15, 0.2) is 0 Å². The maximum absolute atomic E-state index is 13.2. The zero-order valence-corrected chi connectivity index (χ0v) is 17.5. The van der Waals surface area contributed by atoms with Crippen LogP contribution in [0.2, 0.25) is 0 Å². The average Bonchev–Trinajstić information content (AvgIpc) is 3.13. The van der Waals surface area contributed by atoms with E-state index in [0.29, 0.717) is 12.1 Å². The van der Waals surface area contributed by atoms with Crippen LogP contribution in [0.4, 0.5) is 0 Å². The Morgan fingerprint density at radius 3 is 2.35 bits per heavy atom. The number of para-hydroxylation sites is 1. The lowest BCUT2D eigenvalue weighted by Gasteiger charge is -2.08. The van der Waals surface area contributed by atoms with Gasteiger partial charge in [0.1, 0.15) is 5.82 Å². The molecule has 0 saturated heterocycles. The van der Waals surface area contributed by atoms with Gasteiger partial charge in [-0.05, 0) is 41.3 Å². The largest absolute Gasteiger partial charge is 0.351 e. The standard InChI is InChI=1S/C26H24N4O/c1-2-3-13-25-28-30(23-10-5-4-6-11-23)26(31)29(25)19-20-14-16-21(17-15-20)24-12-8-7-9-22(24)18-27/h4-12,14-17H,2-3,13,19H2,1H3. The Hall–Kier alpha value is -3.91. The Bertz CT molecular complexity index is 1260. The first-order valence-electron chi connectivity index (χ1n) is 10.5. The molecule has 0 N–H and O–H groups in total. The van der Waals surface area contributed by atoms with E-state index in [1.54, 1.807) is 4.57 Å². The Morgan fingerprint density at radius 1 is 0.935 bits per heavy atom. The first kappa shape index (κ1) is 20.4. The van der Waals surface area contributed by atoms with Gasteiger partial charge in [-0.15, -0.1) is 5.10 Å². The highest BCUT2D eigenvalue weighted by atomic mass is 16.2. The van der Waals surface area contributed by atoms with E-state index in [4.69, 9.17) is 0 Å². The van der Waals surface area contributed by atoms with Gasteiger partial charge in [0.2, 0.25) is 0 Å². The van der Waals surface area contributed by atoms with E-state index >= 15 is 0 Å². The van der Waals surface area contributed by atoms with Crippen molar-refractivity contribution < 1.29 is 0 Å². The molecule has 0 aliphatic rings. The number of aryl methyl sites for hydroxylation is 1. The van der Waals surface area contributed by atoms with Gasteiger partial charge in [0.05, 0.1) is 23.9 Å². The summed E-state index contributed by atoms with van der Waals surface area (Å²) < 4.78 is 3.25. The fourth-order valence-corrected chi connectivity index (χ4v) is 3.66. The number of unbranched alkanes of at least 4 members (excludes halogenated alkanes) is 1. The molecule has 5 nitrogen and oxygen atoms in total. The van der Waals surface area contributed by atoms with Crippen molar-refractivity contribution in [2.75, 3.05) is 0 Å². The Kier molecular flexibility index (Phi) is 6.09. The lowest BCUT2D eigenvalue weighted by Crippen LogP contribution is -2.25. The molecule has 5 heteroatoms. The van der Waals surface area contributed by atoms with Crippen LogP contribution in [0.25, 0.3) is 16.8 Å². The summed E-state index contributed by atoms with van der Waals surface area (Å²) in [4.78, 5) is 13.2. The van der Waals surface area contributed by atoms with E-state index in [9.17, 15) is 10.1 Å². The van der Waals surface area contributed by atoms with E-state index in [1.807, 2.05) is 78.9 Å². The Balaban J connectivity index is 1.66. The van der Waals surface area contributed by atoms with Crippen LogP contribution in [-0.4, -0.2) is 14.3 Å². The summed E-state index contributed by atoms with van der Waals surface area (Å²) in [5, 5.41) is 14.0. The number of hydrogen-bond acceptors (Lipinski definition) is 3. The fourth-order valence-electron chi connectivity index (χ4n) is 3.66. The summed E-state index contributed by atoms with van der Waals surface area (Å²) in [7, 11) is 0. The van der Waals surface area contributed by atoms with E-state index in [-0.39, 0.29) is 5.69 Å². The lowest BCUT2D eigenvalue weighted by atomic mass is 9.99. The van der Waals surface area contributed by atoms with E-state index in [2.05, 4.69) is 18.1 Å². The minimum Gasteiger partial charge on any atom is -0.274 e. The molecule has 0 atom stereocenters. The highest BCUT2D eigenvalue weighted by Gasteiger charge is 2.15. The van der Waals surface area contributed by atoms with Gasteiger partial charge in [-0.3, -0.25) is 4.57 Å². The second kappa shape index (κ2) is 9.27. The Morgan fingerprint density at radius 2 is 1.65 bits per heavy atom. The second-order valence-electron chi connectivity index (χ2n) is 7.49. The molecule has 154 valence electrons. The van der Waals surface area contributed by atoms with Crippen LogP contribution in [0, 0.1) is 11.3 Å². The molecule has 0 fully saturated rings. The van der Waals surface area contributed by atoms with Crippen molar-refractivity contribution in [1.82, 2.24) is 14.3 Å².